The van der Waals surface area contributed by atoms with Gasteiger partial charge in [-0.2, -0.15) is 0 Å². The summed E-state index contributed by atoms with van der Waals surface area (Å²) >= 11 is 9.51. The molecule has 0 spiro atoms. The Bertz CT molecular complexity index is 1440. The molecule has 1 saturated heterocycles. The Hall–Kier alpha value is -2.81. The molecule has 1 fully saturated rings. The SMILES string of the molecule is CC(C)(F)[C@H](c1cc(F)cc(Br)c1)C1CN([C@@H](c2ccc(Cl)cc2)c2cccc(-c3n[nH]c(=O)o3)c2)C1. The first-order valence-corrected chi connectivity index (χ1v) is 13.1. The molecule has 1 aliphatic rings. The molecule has 5 rings (SSSR count). The number of H-pyrrole nitrogens is 1. The van der Waals surface area contributed by atoms with Crippen LogP contribution < -0.4 is 5.76 Å². The van der Waals surface area contributed by atoms with E-state index in [1.165, 1.54) is 12.1 Å². The van der Waals surface area contributed by atoms with Crippen molar-refractivity contribution in [3.63, 3.8) is 0 Å². The van der Waals surface area contributed by atoms with Gasteiger partial charge in [0.15, 0.2) is 0 Å². The third kappa shape index (κ3) is 5.56. The number of alkyl halides is 1. The summed E-state index contributed by atoms with van der Waals surface area (Å²) in [7, 11) is 0. The number of hydrogen-bond acceptors (Lipinski definition) is 4. The highest BCUT2D eigenvalue weighted by Crippen LogP contribution is 2.46. The van der Waals surface area contributed by atoms with Crippen molar-refractivity contribution in [2.24, 2.45) is 5.92 Å². The van der Waals surface area contributed by atoms with Crippen molar-refractivity contribution in [1.29, 1.82) is 0 Å². The van der Waals surface area contributed by atoms with Gasteiger partial charge in [-0.05, 0) is 78.9 Å². The van der Waals surface area contributed by atoms with Crippen molar-refractivity contribution in [2.45, 2.75) is 31.5 Å². The molecule has 0 unspecified atom stereocenters. The van der Waals surface area contributed by atoms with Crippen LogP contribution >= 0.6 is 27.5 Å². The highest BCUT2D eigenvalue weighted by molar-refractivity contribution is 9.10. The van der Waals surface area contributed by atoms with Gasteiger partial charge in [0.1, 0.15) is 11.5 Å². The Labute approximate surface area is 226 Å². The first kappa shape index (κ1) is 25.8. The monoisotopic (exact) mass is 587 g/mol. The normalized spacial score (nSPS) is 16.4. The molecule has 2 heterocycles. The maximum Gasteiger partial charge on any atom is 0.434 e. The zero-order valence-electron chi connectivity index (χ0n) is 20.2. The summed E-state index contributed by atoms with van der Waals surface area (Å²) in [5, 5.41) is 6.87. The van der Waals surface area contributed by atoms with Crippen molar-refractivity contribution in [3.8, 4) is 11.5 Å². The molecule has 0 saturated carbocycles. The summed E-state index contributed by atoms with van der Waals surface area (Å²) in [6.45, 7) is 4.33. The smallest absolute Gasteiger partial charge is 0.388 e. The molecule has 37 heavy (non-hydrogen) atoms. The van der Waals surface area contributed by atoms with Crippen LogP contribution in [-0.2, 0) is 0 Å². The van der Waals surface area contributed by atoms with Crippen LogP contribution in [0.3, 0.4) is 0 Å². The van der Waals surface area contributed by atoms with E-state index in [0.29, 0.717) is 33.7 Å². The molecule has 2 atom stereocenters. The standard InChI is InChI=1S/C28H25BrClF2N3O2/c1-28(2,32)24(19-11-21(29)13-23(31)12-19)20-14-35(15-20)25(16-6-8-22(30)9-7-16)17-4-3-5-18(10-17)26-33-34-27(36)37-26/h3-13,20,24-25H,14-15H2,1-2H3,(H,34,36)/t24-,25+/m1/s1. The molecule has 0 amide bonds. The molecule has 0 aliphatic carbocycles. The third-order valence-corrected chi connectivity index (χ3v) is 7.54. The Morgan fingerprint density at radius 3 is 2.43 bits per heavy atom. The van der Waals surface area contributed by atoms with Gasteiger partial charge in [-0.1, -0.05) is 51.8 Å². The molecule has 5 nitrogen and oxygen atoms in total. The highest BCUT2D eigenvalue weighted by atomic mass is 79.9. The Balaban J connectivity index is 1.48. The molecule has 1 aromatic heterocycles. The van der Waals surface area contributed by atoms with E-state index in [0.717, 1.165) is 11.1 Å². The van der Waals surface area contributed by atoms with Crippen molar-refractivity contribution in [1.82, 2.24) is 15.1 Å². The van der Waals surface area contributed by atoms with E-state index in [1.807, 2.05) is 48.5 Å². The van der Waals surface area contributed by atoms with Crippen molar-refractivity contribution >= 4 is 27.5 Å². The summed E-state index contributed by atoms with van der Waals surface area (Å²) in [5.74, 6) is -1.30. The number of aromatic nitrogens is 2. The van der Waals surface area contributed by atoms with Crippen LogP contribution in [0.2, 0.25) is 5.02 Å². The number of nitrogens with one attached hydrogen (secondary N) is 1. The quantitative estimate of drug-likeness (QED) is 0.249. The van der Waals surface area contributed by atoms with E-state index in [1.54, 1.807) is 19.9 Å². The van der Waals surface area contributed by atoms with Crippen LogP contribution in [0, 0.1) is 11.7 Å². The Morgan fingerprint density at radius 2 is 1.81 bits per heavy atom. The lowest BCUT2D eigenvalue weighted by Gasteiger charge is -2.50. The number of rotatable bonds is 7. The molecular formula is C28H25BrClF2N3O2. The van der Waals surface area contributed by atoms with Gasteiger partial charge in [-0.15, -0.1) is 5.10 Å². The highest BCUT2D eigenvalue weighted by Gasteiger charge is 2.45. The van der Waals surface area contributed by atoms with Crippen LogP contribution in [0.25, 0.3) is 11.5 Å². The Morgan fingerprint density at radius 1 is 1.08 bits per heavy atom. The largest absolute Gasteiger partial charge is 0.434 e. The fourth-order valence-corrected chi connectivity index (χ4v) is 6.02. The van der Waals surface area contributed by atoms with Gasteiger partial charge < -0.3 is 4.42 Å². The first-order valence-electron chi connectivity index (χ1n) is 11.9. The molecule has 4 aromatic rings. The average Bonchev–Trinajstić information content (AvgIpc) is 3.24. The third-order valence-electron chi connectivity index (χ3n) is 6.83. The van der Waals surface area contributed by atoms with Gasteiger partial charge >= 0.3 is 5.76 Å². The van der Waals surface area contributed by atoms with Crippen LogP contribution in [0.4, 0.5) is 8.78 Å². The summed E-state index contributed by atoms with van der Waals surface area (Å²) in [4.78, 5) is 13.7. The van der Waals surface area contributed by atoms with Crippen molar-refractivity contribution < 1.29 is 13.2 Å². The second-order valence-electron chi connectivity index (χ2n) is 9.96. The molecular weight excluding hydrogens is 564 g/mol. The van der Waals surface area contributed by atoms with E-state index in [2.05, 4.69) is 31.0 Å². The number of benzene rings is 3. The first-order chi connectivity index (χ1) is 17.6. The summed E-state index contributed by atoms with van der Waals surface area (Å²) in [6.07, 6.45) is 0. The molecule has 192 valence electrons. The number of aromatic amines is 1. The lowest BCUT2D eigenvalue weighted by Crippen LogP contribution is -2.53. The average molecular weight is 589 g/mol. The van der Waals surface area contributed by atoms with Crippen LogP contribution in [-0.4, -0.2) is 33.9 Å². The van der Waals surface area contributed by atoms with Crippen molar-refractivity contribution in [2.75, 3.05) is 13.1 Å². The molecule has 0 bridgehead atoms. The summed E-state index contributed by atoms with van der Waals surface area (Å²) in [5.41, 5.74) is 1.75. The number of nitrogens with zero attached hydrogens (tertiary/aromatic N) is 2. The predicted molar refractivity (Wildman–Crippen MR) is 143 cm³/mol. The zero-order chi connectivity index (χ0) is 26.3. The van der Waals surface area contributed by atoms with E-state index in [-0.39, 0.29) is 17.9 Å². The zero-order valence-corrected chi connectivity index (χ0v) is 22.6. The molecule has 3 aromatic carbocycles. The predicted octanol–water partition coefficient (Wildman–Crippen LogP) is 7.14. The van der Waals surface area contributed by atoms with Crippen LogP contribution in [0.1, 0.15) is 42.5 Å². The Kier molecular flexibility index (Phi) is 7.09. The van der Waals surface area contributed by atoms with E-state index in [4.69, 9.17) is 16.0 Å². The minimum absolute atomic E-state index is 0.0176. The molecule has 9 heteroatoms. The van der Waals surface area contributed by atoms with E-state index < -0.39 is 23.2 Å². The fraction of sp³-hybridized carbons (Fsp3) is 0.286. The summed E-state index contributed by atoms with van der Waals surface area (Å²) in [6, 6.07) is 19.7. The number of likely N-dealkylation sites (tertiary alicyclic amines) is 1. The van der Waals surface area contributed by atoms with Gasteiger partial charge in [0.25, 0.3) is 0 Å². The minimum atomic E-state index is -1.54. The van der Waals surface area contributed by atoms with Crippen LogP contribution in [0.5, 0.6) is 0 Å². The summed E-state index contributed by atoms with van der Waals surface area (Å²) < 4.78 is 35.5. The molecule has 1 aliphatic heterocycles. The van der Waals surface area contributed by atoms with Gasteiger partial charge in [-0.3, -0.25) is 4.90 Å². The second kappa shape index (κ2) is 10.2. The van der Waals surface area contributed by atoms with Gasteiger partial charge in [0.05, 0.1) is 6.04 Å². The lowest BCUT2D eigenvalue weighted by molar-refractivity contribution is 0.00812. The minimum Gasteiger partial charge on any atom is -0.388 e. The molecule has 1 N–H and O–H groups in total. The number of hydrogen-bond donors (Lipinski definition) is 1. The maximum atomic E-state index is 15.5. The lowest BCUT2D eigenvalue weighted by atomic mass is 9.72. The van der Waals surface area contributed by atoms with E-state index in [9.17, 15) is 9.18 Å². The van der Waals surface area contributed by atoms with E-state index >= 15 is 4.39 Å². The topological polar surface area (TPSA) is 62.1 Å². The molecule has 0 radical (unpaired) electrons. The van der Waals surface area contributed by atoms with Gasteiger partial charge in [-0.25, -0.2) is 18.7 Å². The fourth-order valence-electron chi connectivity index (χ4n) is 5.41. The second-order valence-corrected chi connectivity index (χ2v) is 11.3. The van der Waals surface area contributed by atoms with Gasteiger partial charge in [0, 0.05) is 34.1 Å². The van der Waals surface area contributed by atoms with Crippen LogP contribution in [0.15, 0.2) is 80.4 Å². The number of halogens is 4. The van der Waals surface area contributed by atoms with Gasteiger partial charge in [0.2, 0.25) is 5.89 Å². The maximum absolute atomic E-state index is 15.5. The van der Waals surface area contributed by atoms with Crippen molar-refractivity contribution in [3.05, 3.63) is 109 Å².